The molecule has 0 aliphatic carbocycles. The van der Waals surface area contributed by atoms with E-state index in [1.807, 2.05) is 0 Å². The number of aryl methyl sites for hydroxylation is 2. The first-order valence-corrected chi connectivity index (χ1v) is 11.1. The van der Waals surface area contributed by atoms with E-state index in [-0.39, 0.29) is 0 Å². The monoisotopic (exact) mass is 408 g/mol. The zero-order chi connectivity index (χ0) is 20.6. The summed E-state index contributed by atoms with van der Waals surface area (Å²) in [6, 6.07) is 0. The van der Waals surface area contributed by atoms with Crippen molar-refractivity contribution >= 4 is 0 Å². The first kappa shape index (κ1) is 23.6. The summed E-state index contributed by atoms with van der Waals surface area (Å²) in [5.74, 6) is 0. The Bertz CT molecular complexity index is 587. The Hall–Kier alpha value is -1.70. The van der Waals surface area contributed by atoms with E-state index < -0.39 is 0 Å². The molecule has 0 N–H and O–H groups in total. The maximum Gasteiger partial charge on any atom is 0.243 e. The number of nitrogens with zero attached hydrogens (tertiary/aromatic N) is 4. The fraction of sp³-hybridized carbons (Fsp3) is 0.727. The molecule has 0 unspecified atom stereocenters. The van der Waals surface area contributed by atoms with Crippen molar-refractivity contribution in [2.45, 2.75) is 65.7 Å². The summed E-state index contributed by atoms with van der Waals surface area (Å²) in [5, 5.41) is 0. The number of unbranched alkanes of at least 4 members (excludes halogenated alkanes) is 2. The van der Waals surface area contributed by atoms with Gasteiger partial charge in [0.15, 0.2) is 0 Å². The van der Waals surface area contributed by atoms with E-state index in [4.69, 9.17) is 14.2 Å². The van der Waals surface area contributed by atoms with Crippen molar-refractivity contribution in [3.8, 4) is 0 Å². The molecule has 164 valence electrons. The minimum absolute atomic E-state index is 0.612. The molecule has 7 heteroatoms. The summed E-state index contributed by atoms with van der Waals surface area (Å²) >= 11 is 0. The van der Waals surface area contributed by atoms with Gasteiger partial charge in [0, 0.05) is 0 Å². The van der Waals surface area contributed by atoms with E-state index in [2.05, 4.69) is 69.6 Å². The number of imidazole rings is 2. The predicted octanol–water partition coefficient (Wildman–Crippen LogP) is 2.21. The van der Waals surface area contributed by atoms with Gasteiger partial charge in [0.05, 0.1) is 52.7 Å². The predicted molar refractivity (Wildman–Crippen MR) is 112 cm³/mol. The smallest absolute Gasteiger partial charge is 0.243 e. The lowest BCUT2D eigenvalue weighted by Crippen LogP contribution is -2.30. The molecule has 29 heavy (non-hydrogen) atoms. The van der Waals surface area contributed by atoms with Crippen LogP contribution >= 0.6 is 0 Å². The van der Waals surface area contributed by atoms with Gasteiger partial charge in [-0.2, -0.15) is 0 Å². The highest BCUT2D eigenvalue weighted by atomic mass is 16.5. The molecule has 2 aromatic heterocycles. The van der Waals surface area contributed by atoms with Crippen LogP contribution in [0.15, 0.2) is 37.4 Å². The molecule has 0 aliphatic rings. The molecule has 0 fully saturated rings. The van der Waals surface area contributed by atoms with Gasteiger partial charge in [0.25, 0.3) is 0 Å². The SMILES string of the molecule is CCCC[n+]1ccn(CCOCCOCCOCCn2cc[n+](CCCC)c2)c1. The van der Waals surface area contributed by atoms with E-state index in [0.29, 0.717) is 39.6 Å². The lowest BCUT2D eigenvalue weighted by Gasteiger charge is -2.06. The van der Waals surface area contributed by atoms with Crippen LogP contribution in [0.5, 0.6) is 0 Å². The lowest BCUT2D eigenvalue weighted by atomic mass is 10.3. The second-order valence-corrected chi connectivity index (χ2v) is 7.32. The summed E-state index contributed by atoms with van der Waals surface area (Å²) in [4.78, 5) is 0. The van der Waals surface area contributed by atoms with Crippen molar-refractivity contribution in [2.24, 2.45) is 0 Å². The van der Waals surface area contributed by atoms with Crippen LogP contribution in [0.3, 0.4) is 0 Å². The second-order valence-electron chi connectivity index (χ2n) is 7.32. The standard InChI is InChI=1S/C22H40N4O3/c1-3-5-7-23-9-11-25(21-23)13-15-27-17-19-29-20-18-28-16-14-26-12-10-24(22-26)8-6-4-2/h9-12,21-22H,3-8,13-20H2,1-2H3/q+2. The van der Waals surface area contributed by atoms with Crippen molar-refractivity contribution in [3.05, 3.63) is 37.4 Å². The number of hydrogen-bond donors (Lipinski definition) is 0. The van der Waals surface area contributed by atoms with Gasteiger partial charge in [-0.25, -0.2) is 18.3 Å². The number of aromatic nitrogens is 4. The van der Waals surface area contributed by atoms with E-state index in [1.54, 1.807) is 0 Å². The van der Waals surface area contributed by atoms with Gasteiger partial charge in [-0.1, -0.05) is 26.7 Å². The molecule has 0 saturated carbocycles. The van der Waals surface area contributed by atoms with Crippen molar-refractivity contribution in [3.63, 3.8) is 0 Å². The molecule has 0 aliphatic heterocycles. The number of hydrogen-bond acceptors (Lipinski definition) is 3. The van der Waals surface area contributed by atoms with Gasteiger partial charge >= 0.3 is 0 Å². The molecule has 0 radical (unpaired) electrons. The van der Waals surface area contributed by atoms with E-state index in [9.17, 15) is 0 Å². The molecule has 7 nitrogen and oxygen atoms in total. The topological polar surface area (TPSA) is 45.3 Å². The molecule has 0 aromatic carbocycles. The molecule has 0 amide bonds. The van der Waals surface area contributed by atoms with Crippen LogP contribution in [0.4, 0.5) is 0 Å². The first-order chi connectivity index (χ1) is 14.3. The van der Waals surface area contributed by atoms with Crippen LogP contribution in [0, 0.1) is 0 Å². The van der Waals surface area contributed by atoms with Crippen LogP contribution in [-0.4, -0.2) is 48.8 Å². The van der Waals surface area contributed by atoms with E-state index >= 15 is 0 Å². The maximum atomic E-state index is 5.64. The summed E-state index contributed by atoms with van der Waals surface area (Å²) in [7, 11) is 0. The molecule has 0 bridgehead atoms. The molecule has 2 rings (SSSR count). The van der Waals surface area contributed by atoms with Crippen LogP contribution in [0.1, 0.15) is 39.5 Å². The van der Waals surface area contributed by atoms with Gasteiger partial charge in [0.2, 0.25) is 12.7 Å². The third-order valence-electron chi connectivity index (χ3n) is 4.76. The Balaban J connectivity index is 1.37. The fourth-order valence-corrected chi connectivity index (χ4v) is 2.97. The molecule has 2 aromatic rings. The molecular formula is C22H40N4O3+2. The van der Waals surface area contributed by atoms with Gasteiger partial charge in [-0.3, -0.25) is 0 Å². The first-order valence-electron chi connectivity index (χ1n) is 11.1. The van der Waals surface area contributed by atoms with E-state index in [1.165, 1.54) is 25.7 Å². The summed E-state index contributed by atoms with van der Waals surface area (Å²) in [6.07, 6.45) is 17.6. The highest BCUT2D eigenvalue weighted by Crippen LogP contribution is 1.91. The van der Waals surface area contributed by atoms with Gasteiger partial charge in [-0.05, 0) is 12.8 Å². The average molecular weight is 409 g/mol. The quantitative estimate of drug-likeness (QED) is 0.281. The van der Waals surface area contributed by atoms with E-state index in [0.717, 1.165) is 26.2 Å². The minimum atomic E-state index is 0.612. The Labute approximate surface area is 175 Å². The van der Waals surface area contributed by atoms with Crippen LogP contribution in [0.2, 0.25) is 0 Å². The molecule has 0 spiro atoms. The third kappa shape index (κ3) is 10.6. The highest BCUT2D eigenvalue weighted by molar-refractivity contribution is 4.66. The Morgan fingerprint density at radius 3 is 1.45 bits per heavy atom. The third-order valence-corrected chi connectivity index (χ3v) is 4.76. The Morgan fingerprint density at radius 1 is 0.621 bits per heavy atom. The summed E-state index contributed by atoms with van der Waals surface area (Å²) in [5.41, 5.74) is 0. The largest absolute Gasteiger partial charge is 0.377 e. The molecule has 0 saturated heterocycles. The molecule has 2 heterocycles. The number of rotatable bonds is 18. The van der Waals surface area contributed by atoms with Crippen LogP contribution < -0.4 is 9.13 Å². The fourth-order valence-electron chi connectivity index (χ4n) is 2.97. The molecule has 0 atom stereocenters. The summed E-state index contributed by atoms with van der Waals surface area (Å²) < 4.78 is 25.6. The van der Waals surface area contributed by atoms with Gasteiger partial charge in [0.1, 0.15) is 37.9 Å². The second kappa shape index (κ2) is 15.2. The van der Waals surface area contributed by atoms with Crippen LogP contribution in [-0.2, 0) is 40.4 Å². The van der Waals surface area contributed by atoms with Crippen molar-refractivity contribution in [1.29, 1.82) is 0 Å². The van der Waals surface area contributed by atoms with Crippen molar-refractivity contribution in [2.75, 3.05) is 39.6 Å². The van der Waals surface area contributed by atoms with Crippen molar-refractivity contribution < 1.29 is 23.3 Å². The van der Waals surface area contributed by atoms with Gasteiger partial charge in [-0.15, -0.1) is 0 Å². The average Bonchev–Trinajstić information content (AvgIpc) is 3.38. The van der Waals surface area contributed by atoms with Gasteiger partial charge < -0.3 is 14.2 Å². The number of ether oxygens (including phenoxy) is 3. The normalized spacial score (nSPS) is 11.4. The molecular weight excluding hydrogens is 368 g/mol. The zero-order valence-corrected chi connectivity index (χ0v) is 18.4. The zero-order valence-electron chi connectivity index (χ0n) is 18.4. The Morgan fingerprint density at radius 2 is 1.03 bits per heavy atom. The Kier molecular flexibility index (Phi) is 12.3. The van der Waals surface area contributed by atoms with Crippen LogP contribution in [0.25, 0.3) is 0 Å². The highest BCUT2D eigenvalue weighted by Gasteiger charge is 2.04. The lowest BCUT2D eigenvalue weighted by molar-refractivity contribution is -0.697. The minimum Gasteiger partial charge on any atom is -0.377 e. The maximum absolute atomic E-state index is 5.64. The van der Waals surface area contributed by atoms with Crippen molar-refractivity contribution in [1.82, 2.24) is 9.13 Å². The summed E-state index contributed by atoms with van der Waals surface area (Å²) in [6.45, 7) is 12.2.